The van der Waals surface area contributed by atoms with Gasteiger partial charge in [-0.05, 0) is 42.6 Å². The highest BCUT2D eigenvalue weighted by molar-refractivity contribution is 6.63. The van der Waals surface area contributed by atoms with Gasteiger partial charge in [0.25, 0.3) is 0 Å². The lowest BCUT2D eigenvalue weighted by Gasteiger charge is -2.28. The second kappa shape index (κ2) is 5.74. The molecule has 1 aromatic rings. The number of aryl methyl sites for hydroxylation is 2. The first-order chi connectivity index (χ1) is 8.63. The minimum atomic E-state index is -0.485. The molecule has 0 atom stereocenters. The number of hydrogen-bond acceptors (Lipinski definition) is 3. The number of carbonyl (C=O) groups excluding carboxylic acids is 2. The Hall–Kier alpha value is -1.35. The molecule has 0 N–H and O–H groups in total. The normalized spacial score (nSPS) is 11.3. The zero-order valence-corrected chi connectivity index (χ0v) is 12.7. The van der Waals surface area contributed by atoms with Gasteiger partial charge in [0.05, 0.1) is 0 Å². The molecule has 19 heavy (non-hydrogen) atoms. The Morgan fingerprint density at radius 3 is 2.32 bits per heavy atom. The van der Waals surface area contributed by atoms with Crippen LogP contribution in [0.4, 0.5) is 0 Å². The summed E-state index contributed by atoms with van der Waals surface area (Å²) in [5.74, 6) is 0.132. The van der Waals surface area contributed by atoms with E-state index in [1.54, 1.807) is 0 Å². The van der Waals surface area contributed by atoms with Gasteiger partial charge in [0, 0.05) is 24.3 Å². The van der Waals surface area contributed by atoms with Gasteiger partial charge >= 0.3 is 5.97 Å². The SMILES string of the molecule is CC(=O)Oc1cc(C)cc(C)c1C(C)(C)CC(=O)Cl. The van der Waals surface area contributed by atoms with E-state index in [4.69, 9.17) is 16.3 Å². The van der Waals surface area contributed by atoms with Crippen molar-refractivity contribution in [2.24, 2.45) is 0 Å². The summed E-state index contributed by atoms with van der Waals surface area (Å²) >= 11 is 5.51. The molecule has 0 heterocycles. The Morgan fingerprint density at radius 2 is 1.84 bits per heavy atom. The molecule has 0 aliphatic carbocycles. The Labute approximate surface area is 118 Å². The van der Waals surface area contributed by atoms with Crippen molar-refractivity contribution >= 4 is 22.8 Å². The molecule has 4 heteroatoms. The van der Waals surface area contributed by atoms with Gasteiger partial charge in [-0.25, -0.2) is 0 Å². The number of ether oxygens (including phenoxy) is 1. The molecular weight excluding hydrogens is 264 g/mol. The first-order valence-electron chi connectivity index (χ1n) is 6.12. The Morgan fingerprint density at radius 1 is 1.26 bits per heavy atom. The highest BCUT2D eigenvalue weighted by atomic mass is 35.5. The summed E-state index contributed by atoms with van der Waals surface area (Å²) < 4.78 is 5.28. The van der Waals surface area contributed by atoms with Gasteiger partial charge in [-0.15, -0.1) is 0 Å². The highest BCUT2D eigenvalue weighted by Gasteiger charge is 2.29. The van der Waals surface area contributed by atoms with E-state index < -0.39 is 10.7 Å². The smallest absolute Gasteiger partial charge is 0.308 e. The molecule has 0 fully saturated rings. The van der Waals surface area contributed by atoms with Crippen LogP contribution in [0.2, 0.25) is 0 Å². The van der Waals surface area contributed by atoms with Crippen molar-refractivity contribution in [3.63, 3.8) is 0 Å². The van der Waals surface area contributed by atoms with Crippen molar-refractivity contribution in [2.75, 3.05) is 0 Å². The fourth-order valence-electron chi connectivity index (χ4n) is 2.47. The van der Waals surface area contributed by atoms with E-state index in [1.807, 2.05) is 39.8 Å². The van der Waals surface area contributed by atoms with E-state index in [-0.39, 0.29) is 12.4 Å². The number of esters is 1. The van der Waals surface area contributed by atoms with Gasteiger partial charge in [0.1, 0.15) is 5.75 Å². The molecule has 0 aromatic heterocycles. The average molecular weight is 283 g/mol. The van der Waals surface area contributed by atoms with Crippen LogP contribution in [0.5, 0.6) is 5.75 Å². The van der Waals surface area contributed by atoms with E-state index in [0.29, 0.717) is 5.75 Å². The Balaban J connectivity index is 3.39. The summed E-state index contributed by atoms with van der Waals surface area (Å²) in [6.07, 6.45) is 0.187. The summed E-state index contributed by atoms with van der Waals surface area (Å²) in [7, 11) is 0. The molecular formula is C15H19ClO3. The standard InChI is InChI=1S/C15H19ClO3/c1-9-6-10(2)14(12(7-9)19-11(3)17)15(4,5)8-13(16)18/h6-7H,8H2,1-5H3. The molecule has 0 saturated carbocycles. The van der Waals surface area contributed by atoms with Gasteiger partial charge in [-0.2, -0.15) is 0 Å². The summed E-state index contributed by atoms with van der Waals surface area (Å²) in [6.45, 7) is 9.07. The maximum Gasteiger partial charge on any atom is 0.308 e. The minimum absolute atomic E-state index is 0.187. The number of halogens is 1. The summed E-state index contributed by atoms with van der Waals surface area (Å²) in [4.78, 5) is 22.4. The van der Waals surface area contributed by atoms with Crippen LogP contribution in [-0.4, -0.2) is 11.2 Å². The molecule has 0 bridgehead atoms. The number of rotatable bonds is 4. The second-order valence-corrected chi connectivity index (χ2v) is 5.89. The number of benzene rings is 1. The van der Waals surface area contributed by atoms with Crippen LogP contribution in [0.25, 0.3) is 0 Å². The molecule has 1 rings (SSSR count). The lowest BCUT2D eigenvalue weighted by atomic mass is 9.78. The first kappa shape index (κ1) is 15.7. The molecule has 0 saturated heterocycles. The highest BCUT2D eigenvalue weighted by Crippen LogP contribution is 2.38. The third-order valence-electron chi connectivity index (χ3n) is 2.96. The van der Waals surface area contributed by atoms with Crippen molar-refractivity contribution in [1.82, 2.24) is 0 Å². The fourth-order valence-corrected chi connectivity index (χ4v) is 2.80. The first-order valence-corrected chi connectivity index (χ1v) is 6.50. The third-order valence-corrected chi connectivity index (χ3v) is 3.09. The molecule has 0 unspecified atom stereocenters. The van der Waals surface area contributed by atoms with Crippen LogP contribution >= 0.6 is 11.6 Å². The van der Waals surface area contributed by atoms with Crippen LogP contribution in [0, 0.1) is 13.8 Å². The predicted molar refractivity (Wildman–Crippen MR) is 75.7 cm³/mol. The lowest BCUT2D eigenvalue weighted by Crippen LogP contribution is -2.23. The topological polar surface area (TPSA) is 43.4 Å². The molecule has 0 aliphatic heterocycles. The Bertz CT molecular complexity index is 518. The van der Waals surface area contributed by atoms with Crippen molar-refractivity contribution in [3.05, 3.63) is 28.8 Å². The monoisotopic (exact) mass is 282 g/mol. The van der Waals surface area contributed by atoms with Crippen LogP contribution in [0.15, 0.2) is 12.1 Å². The zero-order chi connectivity index (χ0) is 14.8. The summed E-state index contributed by atoms with van der Waals surface area (Å²) in [5, 5.41) is -0.404. The van der Waals surface area contributed by atoms with E-state index >= 15 is 0 Å². The molecule has 3 nitrogen and oxygen atoms in total. The van der Waals surface area contributed by atoms with E-state index in [2.05, 4.69) is 0 Å². The van der Waals surface area contributed by atoms with Crippen LogP contribution in [-0.2, 0) is 15.0 Å². The third kappa shape index (κ3) is 4.06. The van der Waals surface area contributed by atoms with Crippen molar-refractivity contribution in [2.45, 2.75) is 46.5 Å². The van der Waals surface area contributed by atoms with Gasteiger partial charge in [-0.3, -0.25) is 9.59 Å². The van der Waals surface area contributed by atoms with Crippen molar-refractivity contribution < 1.29 is 14.3 Å². The van der Waals surface area contributed by atoms with Crippen LogP contribution in [0.3, 0.4) is 0 Å². The lowest BCUT2D eigenvalue weighted by molar-refractivity contribution is -0.131. The van der Waals surface area contributed by atoms with Gasteiger partial charge in [0.15, 0.2) is 0 Å². The molecule has 0 radical (unpaired) electrons. The van der Waals surface area contributed by atoms with Crippen LogP contribution < -0.4 is 4.74 Å². The van der Waals surface area contributed by atoms with E-state index in [1.165, 1.54) is 6.92 Å². The largest absolute Gasteiger partial charge is 0.426 e. The maximum atomic E-state index is 11.2. The van der Waals surface area contributed by atoms with Gasteiger partial charge in [0.2, 0.25) is 5.24 Å². The summed E-state index contributed by atoms with van der Waals surface area (Å²) in [6, 6.07) is 3.81. The van der Waals surface area contributed by atoms with E-state index in [9.17, 15) is 9.59 Å². The fraction of sp³-hybridized carbons (Fsp3) is 0.467. The molecule has 0 amide bonds. The van der Waals surface area contributed by atoms with Crippen LogP contribution in [0.1, 0.15) is 43.9 Å². The number of carbonyl (C=O) groups is 2. The average Bonchev–Trinajstić information content (AvgIpc) is 2.10. The predicted octanol–water partition coefficient (Wildman–Crippen LogP) is 3.66. The second-order valence-electron chi connectivity index (χ2n) is 5.46. The van der Waals surface area contributed by atoms with Gasteiger partial charge in [-0.1, -0.05) is 19.9 Å². The van der Waals surface area contributed by atoms with E-state index in [0.717, 1.165) is 16.7 Å². The number of hydrogen-bond donors (Lipinski definition) is 0. The minimum Gasteiger partial charge on any atom is -0.426 e. The molecule has 1 aromatic carbocycles. The molecule has 104 valence electrons. The van der Waals surface area contributed by atoms with Gasteiger partial charge < -0.3 is 4.74 Å². The van der Waals surface area contributed by atoms with Crippen molar-refractivity contribution in [1.29, 1.82) is 0 Å². The zero-order valence-electron chi connectivity index (χ0n) is 12.0. The van der Waals surface area contributed by atoms with Crippen molar-refractivity contribution in [3.8, 4) is 5.75 Å². The quantitative estimate of drug-likeness (QED) is 0.481. The Kier molecular flexibility index (Phi) is 4.75. The maximum absolute atomic E-state index is 11.2. The molecule has 0 spiro atoms. The summed E-state index contributed by atoms with van der Waals surface area (Å²) in [5.41, 5.74) is 2.36. The molecule has 0 aliphatic rings.